The Hall–Kier alpha value is -2.26. The molecule has 120 valence electrons. The number of nitrogens with two attached hydrogens (primary N) is 1. The molecule has 24 heavy (non-hydrogen) atoms. The van der Waals surface area contributed by atoms with Crippen molar-refractivity contribution in [2.45, 2.75) is 24.5 Å². The first-order valence-electron chi connectivity index (χ1n) is 8.36. The van der Waals surface area contributed by atoms with Crippen LogP contribution in [-0.4, -0.2) is 5.17 Å². The van der Waals surface area contributed by atoms with Crippen LogP contribution in [0.15, 0.2) is 82.5 Å². The molecule has 0 bridgehead atoms. The number of thioether (sulfide) groups is 1. The molecule has 0 aromatic heterocycles. The number of nitrogens with zero attached hydrogens (tertiary/aromatic N) is 1. The van der Waals surface area contributed by atoms with Gasteiger partial charge in [-0.05, 0) is 47.6 Å². The van der Waals surface area contributed by atoms with Gasteiger partial charge in [0.05, 0.1) is 10.9 Å². The van der Waals surface area contributed by atoms with Crippen LogP contribution < -0.4 is 5.73 Å². The Labute approximate surface area is 147 Å². The molecule has 1 aliphatic heterocycles. The fraction of sp³-hybridized carbons (Fsp3) is 0.190. The molecule has 2 N–H and O–H groups in total. The topological polar surface area (TPSA) is 38.4 Å². The summed E-state index contributed by atoms with van der Waals surface area (Å²) in [5, 5.41) is 0.960. The Morgan fingerprint density at radius 1 is 0.958 bits per heavy atom. The van der Waals surface area contributed by atoms with Gasteiger partial charge in [0.2, 0.25) is 0 Å². The van der Waals surface area contributed by atoms with E-state index in [1.54, 1.807) is 11.8 Å². The number of hydrogen-bond donors (Lipinski definition) is 1. The van der Waals surface area contributed by atoms with Gasteiger partial charge in [0.1, 0.15) is 0 Å². The maximum Gasteiger partial charge on any atom is 0.160 e. The molecule has 0 unspecified atom stereocenters. The molecule has 1 aliphatic carbocycles. The highest BCUT2D eigenvalue weighted by Crippen LogP contribution is 2.47. The zero-order valence-corrected chi connectivity index (χ0v) is 14.3. The minimum Gasteiger partial charge on any atom is -0.378 e. The number of amidine groups is 1. The summed E-state index contributed by atoms with van der Waals surface area (Å²) in [5.41, 5.74) is 12.6. The molecule has 1 atom stereocenters. The number of allylic oxidation sites excluding steroid dienone is 1. The Balaban J connectivity index is 1.79. The minimum atomic E-state index is 0.290. The summed E-state index contributed by atoms with van der Waals surface area (Å²) in [6.45, 7) is 0. The average molecular weight is 332 g/mol. The van der Waals surface area contributed by atoms with Crippen LogP contribution in [-0.2, 0) is 0 Å². The van der Waals surface area contributed by atoms with Gasteiger partial charge >= 0.3 is 0 Å². The normalized spacial score (nSPS) is 22.2. The molecule has 0 amide bonds. The van der Waals surface area contributed by atoms with E-state index in [9.17, 15) is 0 Å². The van der Waals surface area contributed by atoms with Crippen molar-refractivity contribution in [2.75, 3.05) is 0 Å². The maximum absolute atomic E-state index is 6.18. The average Bonchev–Trinajstić information content (AvgIpc) is 2.63. The third kappa shape index (κ3) is 3.04. The molecule has 2 aliphatic rings. The molecule has 2 aromatic rings. The van der Waals surface area contributed by atoms with Gasteiger partial charge in [-0.2, -0.15) is 0 Å². The molecule has 1 heterocycles. The summed E-state index contributed by atoms with van der Waals surface area (Å²) in [7, 11) is 0. The van der Waals surface area contributed by atoms with E-state index >= 15 is 0 Å². The zero-order valence-electron chi connectivity index (χ0n) is 13.5. The van der Waals surface area contributed by atoms with E-state index in [1.165, 1.54) is 28.7 Å². The summed E-state index contributed by atoms with van der Waals surface area (Å²) >= 11 is 1.68. The van der Waals surface area contributed by atoms with Gasteiger partial charge in [-0.3, -0.25) is 0 Å². The van der Waals surface area contributed by atoms with Gasteiger partial charge < -0.3 is 5.73 Å². The smallest absolute Gasteiger partial charge is 0.160 e. The zero-order chi connectivity index (χ0) is 16.4. The Kier molecular flexibility index (Phi) is 4.26. The van der Waals surface area contributed by atoms with Crippen LogP contribution in [0.1, 0.15) is 35.6 Å². The Bertz CT molecular complexity index is 819. The van der Waals surface area contributed by atoms with Crippen LogP contribution in [0.25, 0.3) is 6.08 Å². The molecule has 0 radical (unpaired) electrons. The van der Waals surface area contributed by atoms with Crippen LogP contribution in [0.3, 0.4) is 0 Å². The second kappa shape index (κ2) is 6.70. The largest absolute Gasteiger partial charge is 0.378 e. The lowest BCUT2D eigenvalue weighted by Crippen LogP contribution is -2.19. The lowest BCUT2D eigenvalue weighted by Gasteiger charge is -2.30. The van der Waals surface area contributed by atoms with E-state index in [4.69, 9.17) is 10.7 Å². The predicted octanol–water partition coefficient (Wildman–Crippen LogP) is 5.31. The molecule has 4 rings (SSSR count). The first kappa shape index (κ1) is 15.3. The van der Waals surface area contributed by atoms with Crippen LogP contribution in [0.5, 0.6) is 0 Å². The highest BCUT2D eigenvalue weighted by atomic mass is 32.2. The van der Waals surface area contributed by atoms with Crippen LogP contribution >= 0.6 is 11.8 Å². The third-order valence-electron chi connectivity index (χ3n) is 4.52. The highest BCUT2D eigenvalue weighted by molar-refractivity contribution is 8.14. The van der Waals surface area contributed by atoms with Crippen LogP contribution in [0.4, 0.5) is 0 Å². The van der Waals surface area contributed by atoms with Crippen LogP contribution in [0.2, 0.25) is 0 Å². The molecule has 2 aromatic carbocycles. The molecule has 0 fully saturated rings. The third-order valence-corrected chi connectivity index (χ3v) is 5.65. The number of hydrogen-bond acceptors (Lipinski definition) is 3. The van der Waals surface area contributed by atoms with E-state index in [1.807, 2.05) is 6.07 Å². The van der Waals surface area contributed by atoms with E-state index in [-0.39, 0.29) is 5.25 Å². The van der Waals surface area contributed by atoms with Gasteiger partial charge in [-0.15, -0.1) is 0 Å². The highest BCUT2D eigenvalue weighted by Gasteiger charge is 2.30. The molecule has 3 heteroatoms. The number of rotatable bonds is 2. The van der Waals surface area contributed by atoms with E-state index < -0.39 is 0 Å². The lowest BCUT2D eigenvalue weighted by atomic mass is 9.87. The van der Waals surface area contributed by atoms with Crippen molar-refractivity contribution in [1.82, 2.24) is 0 Å². The molecular weight excluding hydrogens is 312 g/mol. The van der Waals surface area contributed by atoms with Crippen molar-refractivity contribution in [3.63, 3.8) is 0 Å². The fourth-order valence-electron chi connectivity index (χ4n) is 3.43. The van der Waals surface area contributed by atoms with Gasteiger partial charge in [0.25, 0.3) is 0 Å². The number of aliphatic imine (C=N–C) groups is 1. The molecule has 2 nitrogen and oxygen atoms in total. The summed E-state index contributed by atoms with van der Waals surface area (Å²) in [4.78, 5) is 4.73. The van der Waals surface area contributed by atoms with Crippen molar-refractivity contribution >= 4 is 23.0 Å². The summed E-state index contributed by atoms with van der Waals surface area (Å²) in [5.74, 6) is 0. The van der Waals surface area contributed by atoms with Crippen molar-refractivity contribution in [3.8, 4) is 0 Å². The predicted molar refractivity (Wildman–Crippen MR) is 104 cm³/mol. The molecule has 0 saturated heterocycles. The standard InChI is InChI=1S/C21H20N2S/c22-21-23-19-17(14-15-8-3-1-4-9-15)12-7-13-18(19)20(24-21)16-10-5-2-6-11-16/h1-6,8-11,14,20H,7,12-13H2,(H2,22,23)/b17-14+/t20-/m1/s1. The summed E-state index contributed by atoms with van der Waals surface area (Å²) in [6, 6.07) is 21.1. The summed E-state index contributed by atoms with van der Waals surface area (Å²) < 4.78 is 0. The van der Waals surface area contributed by atoms with Crippen molar-refractivity contribution < 1.29 is 0 Å². The first-order valence-corrected chi connectivity index (χ1v) is 9.24. The Morgan fingerprint density at radius 3 is 2.42 bits per heavy atom. The monoisotopic (exact) mass is 332 g/mol. The van der Waals surface area contributed by atoms with Crippen molar-refractivity contribution in [3.05, 3.63) is 88.6 Å². The van der Waals surface area contributed by atoms with Crippen LogP contribution in [0, 0.1) is 0 Å². The molecule has 0 spiro atoms. The SMILES string of the molecule is NC1=NC2=C(CCC/C2=C\c2ccccc2)[C@@H](c2ccccc2)S1. The van der Waals surface area contributed by atoms with Gasteiger partial charge in [0.15, 0.2) is 5.17 Å². The quantitative estimate of drug-likeness (QED) is 0.809. The summed E-state index contributed by atoms with van der Waals surface area (Å²) in [6.07, 6.45) is 5.61. The lowest BCUT2D eigenvalue weighted by molar-refractivity contribution is 0.736. The second-order valence-corrected chi connectivity index (χ2v) is 7.29. The minimum absolute atomic E-state index is 0.290. The van der Waals surface area contributed by atoms with E-state index in [2.05, 4.69) is 60.7 Å². The van der Waals surface area contributed by atoms with Gasteiger partial charge in [-0.25, -0.2) is 4.99 Å². The molecule has 0 saturated carbocycles. The second-order valence-electron chi connectivity index (χ2n) is 6.17. The van der Waals surface area contributed by atoms with E-state index in [0.717, 1.165) is 18.5 Å². The van der Waals surface area contributed by atoms with Gasteiger partial charge in [0, 0.05) is 0 Å². The number of benzene rings is 2. The Morgan fingerprint density at radius 2 is 1.67 bits per heavy atom. The molecular formula is C21H20N2S. The maximum atomic E-state index is 6.18. The van der Waals surface area contributed by atoms with Crippen molar-refractivity contribution in [2.24, 2.45) is 10.7 Å². The van der Waals surface area contributed by atoms with Crippen molar-refractivity contribution in [1.29, 1.82) is 0 Å². The first-order chi connectivity index (χ1) is 11.8. The van der Waals surface area contributed by atoms with E-state index in [0.29, 0.717) is 5.17 Å². The fourth-order valence-corrected chi connectivity index (χ4v) is 4.48. The van der Waals surface area contributed by atoms with Gasteiger partial charge in [-0.1, -0.05) is 72.4 Å².